The summed E-state index contributed by atoms with van der Waals surface area (Å²) in [6.45, 7) is 4.94. The number of likely N-dealkylation sites (N-methyl/N-ethyl adjacent to an activating group) is 1. The minimum atomic E-state index is -1.13. The van der Waals surface area contributed by atoms with Crippen molar-refractivity contribution in [3.8, 4) is 0 Å². The van der Waals surface area contributed by atoms with E-state index in [2.05, 4.69) is 16.8 Å². The van der Waals surface area contributed by atoms with Gasteiger partial charge < -0.3 is 20.0 Å². The summed E-state index contributed by atoms with van der Waals surface area (Å²) in [5, 5.41) is 21.4. The van der Waals surface area contributed by atoms with Crippen LogP contribution in [0.25, 0.3) is 0 Å². The molecule has 2 aliphatic rings. The number of piperidine rings is 1. The van der Waals surface area contributed by atoms with Crippen LogP contribution >= 0.6 is 0 Å². The van der Waals surface area contributed by atoms with Crippen LogP contribution in [0.2, 0.25) is 0 Å². The third kappa shape index (κ3) is 4.58. The van der Waals surface area contributed by atoms with Crippen LogP contribution < -0.4 is 0 Å². The Hall–Kier alpha value is -1.47. The maximum Gasteiger partial charge on any atom is 0.227 e. The maximum absolute atomic E-state index is 12.5. The van der Waals surface area contributed by atoms with Crippen LogP contribution in [0.15, 0.2) is 30.3 Å². The Labute approximate surface area is 149 Å². The molecule has 6 nitrogen and oxygen atoms in total. The molecule has 2 saturated heterocycles. The summed E-state index contributed by atoms with van der Waals surface area (Å²) in [6.07, 6.45) is -0.147. The number of rotatable bonds is 4. The van der Waals surface area contributed by atoms with Crippen molar-refractivity contribution in [2.45, 2.75) is 24.5 Å². The molecule has 0 spiro atoms. The van der Waals surface area contributed by atoms with Crippen LogP contribution in [0.5, 0.6) is 0 Å². The number of aliphatic hydroxyl groups is 2. The zero-order valence-electron chi connectivity index (χ0n) is 15.0. The molecule has 0 radical (unpaired) electrons. The van der Waals surface area contributed by atoms with E-state index in [0.717, 1.165) is 31.7 Å². The van der Waals surface area contributed by atoms with Gasteiger partial charge in [0.25, 0.3) is 0 Å². The third-order valence-electron chi connectivity index (χ3n) is 5.47. The van der Waals surface area contributed by atoms with E-state index in [0.29, 0.717) is 25.9 Å². The molecule has 1 aromatic rings. The van der Waals surface area contributed by atoms with Gasteiger partial charge in [0.15, 0.2) is 0 Å². The largest absolute Gasteiger partial charge is 0.388 e. The molecule has 25 heavy (non-hydrogen) atoms. The Kier molecular flexibility index (Phi) is 5.74. The fourth-order valence-electron chi connectivity index (χ4n) is 3.65. The predicted octanol–water partition coefficient (Wildman–Crippen LogP) is -0.199. The summed E-state index contributed by atoms with van der Waals surface area (Å²) in [5.41, 5.74) is -0.153. The van der Waals surface area contributed by atoms with Crippen LogP contribution in [0.4, 0.5) is 0 Å². The molecule has 1 aromatic carbocycles. The highest BCUT2D eigenvalue weighted by molar-refractivity contribution is 5.79. The molecule has 2 fully saturated rings. The van der Waals surface area contributed by atoms with Crippen molar-refractivity contribution in [1.29, 1.82) is 0 Å². The van der Waals surface area contributed by atoms with Gasteiger partial charge in [-0.2, -0.15) is 0 Å². The first-order valence-corrected chi connectivity index (χ1v) is 9.09. The fraction of sp³-hybridized carbons (Fsp3) is 0.632. The molecule has 0 unspecified atom stereocenters. The zero-order chi connectivity index (χ0) is 17.9. The number of amides is 1. The summed E-state index contributed by atoms with van der Waals surface area (Å²) in [5.74, 6) is 0.00639. The highest BCUT2D eigenvalue weighted by Gasteiger charge is 2.43. The normalized spacial score (nSPS) is 28.9. The topological polar surface area (TPSA) is 67.2 Å². The van der Waals surface area contributed by atoms with E-state index in [1.165, 1.54) is 0 Å². The summed E-state index contributed by atoms with van der Waals surface area (Å²) >= 11 is 0. The van der Waals surface area contributed by atoms with Crippen LogP contribution in [-0.2, 0) is 11.2 Å². The first-order valence-electron chi connectivity index (χ1n) is 9.09. The highest BCUT2D eigenvalue weighted by Crippen LogP contribution is 2.25. The molecular weight excluding hydrogens is 318 g/mol. The number of likely N-dealkylation sites (tertiary alicyclic amines) is 1. The summed E-state index contributed by atoms with van der Waals surface area (Å²) in [4.78, 5) is 18.6. The summed E-state index contributed by atoms with van der Waals surface area (Å²) in [6, 6.07) is 9.63. The van der Waals surface area contributed by atoms with Gasteiger partial charge in [-0.15, -0.1) is 0 Å². The van der Waals surface area contributed by atoms with Gasteiger partial charge in [-0.05, 0) is 19.0 Å². The Morgan fingerprint density at radius 2 is 1.84 bits per heavy atom. The van der Waals surface area contributed by atoms with Crippen molar-refractivity contribution in [2.24, 2.45) is 0 Å². The van der Waals surface area contributed by atoms with Gasteiger partial charge in [0.2, 0.25) is 5.91 Å². The van der Waals surface area contributed by atoms with Crippen molar-refractivity contribution in [1.82, 2.24) is 14.7 Å². The number of benzene rings is 1. The standard InChI is InChI=1S/C19H29N3O3/c1-20-9-11-21(12-10-20)15-19(25)7-8-22(14-17(19)23)18(24)13-16-5-3-2-4-6-16/h2-6,17,23,25H,7-15H2,1H3/t17-,19-/m0/s1. The first kappa shape index (κ1) is 18.3. The summed E-state index contributed by atoms with van der Waals surface area (Å²) in [7, 11) is 2.09. The third-order valence-corrected chi connectivity index (χ3v) is 5.47. The second kappa shape index (κ2) is 7.83. The Bertz CT molecular complexity index is 575. The molecule has 0 bridgehead atoms. The van der Waals surface area contributed by atoms with Gasteiger partial charge in [0.1, 0.15) is 11.7 Å². The average molecular weight is 347 g/mol. The van der Waals surface area contributed by atoms with Crippen molar-refractivity contribution in [3.05, 3.63) is 35.9 Å². The molecule has 1 amide bonds. The number of β-amino-alcohol motifs (C(OH)–C–C–N with tert-alkyl or cyclic N) is 2. The van der Waals surface area contributed by atoms with E-state index in [1.54, 1.807) is 4.90 Å². The van der Waals surface area contributed by atoms with E-state index >= 15 is 0 Å². The van der Waals surface area contributed by atoms with Crippen molar-refractivity contribution in [2.75, 3.05) is 52.9 Å². The van der Waals surface area contributed by atoms with E-state index in [1.807, 2.05) is 30.3 Å². The molecule has 3 rings (SSSR count). The molecule has 2 N–H and O–H groups in total. The minimum Gasteiger partial charge on any atom is -0.388 e. The van der Waals surface area contributed by atoms with Crippen LogP contribution in [0, 0.1) is 0 Å². The maximum atomic E-state index is 12.5. The molecule has 0 aliphatic carbocycles. The lowest BCUT2D eigenvalue weighted by Crippen LogP contribution is -2.62. The number of carbonyl (C=O) groups excluding carboxylic acids is 1. The Balaban J connectivity index is 1.53. The minimum absolute atomic E-state index is 0.00639. The van der Waals surface area contributed by atoms with Gasteiger partial charge >= 0.3 is 0 Å². The number of nitrogens with zero attached hydrogens (tertiary/aromatic N) is 3. The first-order chi connectivity index (χ1) is 12.0. The average Bonchev–Trinajstić information content (AvgIpc) is 2.60. The van der Waals surface area contributed by atoms with Crippen molar-refractivity contribution in [3.63, 3.8) is 0 Å². The van der Waals surface area contributed by atoms with Gasteiger partial charge in [-0.25, -0.2) is 0 Å². The van der Waals surface area contributed by atoms with E-state index in [-0.39, 0.29) is 12.5 Å². The van der Waals surface area contributed by atoms with Gasteiger partial charge in [-0.3, -0.25) is 9.69 Å². The van der Waals surface area contributed by atoms with Crippen LogP contribution in [0.1, 0.15) is 12.0 Å². The number of aliphatic hydroxyl groups excluding tert-OH is 1. The number of carbonyl (C=O) groups is 1. The lowest BCUT2D eigenvalue weighted by Gasteiger charge is -2.45. The molecule has 6 heteroatoms. The molecule has 2 atom stereocenters. The molecule has 2 heterocycles. The molecule has 0 saturated carbocycles. The van der Waals surface area contributed by atoms with Gasteiger partial charge in [0.05, 0.1) is 6.42 Å². The second-order valence-electron chi connectivity index (χ2n) is 7.45. The molecule has 2 aliphatic heterocycles. The monoisotopic (exact) mass is 347 g/mol. The van der Waals surface area contributed by atoms with Gasteiger partial charge in [0, 0.05) is 45.8 Å². The fourth-order valence-corrected chi connectivity index (χ4v) is 3.65. The summed E-state index contributed by atoms with van der Waals surface area (Å²) < 4.78 is 0. The lowest BCUT2D eigenvalue weighted by molar-refractivity contribution is -0.153. The molecule has 0 aromatic heterocycles. The second-order valence-corrected chi connectivity index (χ2v) is 7.45. The quantitative estimate of drug-likeness (QED) is 0.790. The number of hydrogen-bond donors (Lipinski definition) is 2. The van der Waals surface area contributed by atoms with Crippen molar-refractivity contribution >= 4 is 5.91 Å². The lowest BCUT2D eigenvalue weighted by atomic mass is 9.87. The van der Waals surface area contributed by atoms with Crippen molar-refractivity contribution < 1.29 is 15.0 Å². The highest BCUT2D eigenvalue weighted by atomic mass is 16.3. The van der Waals surface area contributed by atoms with Crippen LogP contribution in [-0.4, -0.2) is 95.4 Å². The zero-order valence-corrected chi connectivity index (χ0v) is 15.0. The Morgan fingerprint density at radius 3 is 2.48 bits per heavy atom. The van der Waals surface area contributed by atoms with Crippen LogP contribution in [0.3, 0.4) is 0 Å². The molecule has 138 valence electrons. The SMILES string of the molecule is CN1CCN(C[C@@]2(O)CCN(C(=O)Cc3ccccc3)C[C@@H]2O)CC1. The Morgan fingerprint density at radius 1 is 1.16 bits per heavy atom. The van der Waals surface area contributed by atoms with E-state index in [9.17, 15) is 15.0 Å². The predicted molar refractivity (Wildman–Crippen MR) is 96.2 cm³/mol. The van der Waals surface area contributed by atoms with E-state index in [4.69, 9.17) is 0 Å². The number of hydrogen-bond acceptors (Lipinski definition) is 5. The van der Waals surface area contributed by atoms with E-state index < -0.39 is 11.7 Å². The van der Waals surface area contributed by atoms with Gasteiger partial charge in [-0.1, -0.05) is 30.3 Å². The number of piperazine rings is 1. The molecular formula is C19H29N3O3. The smallest absolute Gasteiger partial charge is 0.227 e.